The highest BCUT2D eigenvalue weighted by Crippen LogP contribution is 2.16. The lowest BCUT2D eigenvalue weighted by Gasteiger charge is -2.26. The lowest BCUT2D eigenvalue weighted by Crippen LogP contribution is -2.47. The van der Waals surface area contributed by atoms with Crippen LogP contribution in [-0.2, 0) is 20.7 Å². The van der Waals surface area contributed by atoms with Crippen LogP contribution in [0, 0.1) is 6.92 Å². The second kappa shape index (κ2) is 7.76. The number of hydrogen-bond acceptors (Lipinski definition) is 5. The first-order valence-electron chi connectivity index (χ1n) is 8.34. The smallest absolute Gasteiger partial charge is 0.408 e. The summed E-state index contributed by atoms with van der Waals surface area (Å²) < 4.78 is 10.7. The van der Waals surface area contributed by atoms with E-state index in [-0.39, 0.29) is 6.42 Å². The highest BCUT2D eigenvalue weighted by atomic mass is 16.6. The molecule has 140 valence electrons. The minimum Gasteiger partial charge on any atom is -0.458 e. The Morgan fingerprint density at radius 3 is 2.12 bits per heavy atom. The van der Waals surface area contributed by atoms with Crippen molar-refractivity contribution in [3.05, 3.63) is 29.3 Å². The van der Waals surface area contributed by atoms with Gasteiger partial charge in [0.2, 0.25) is 0 Å². The summed E-state index contributed by atoms with van der Waals surface area (Å²) in [5.74, 6) is -0.507. The highest BCUT2D eigenvalue weighted by Gasteiger charge is 2.29. The van der Waals surface area contributed by atoms with E-state index in [1.54, 1.807) is 47.6 Å². The van der Waals surface area contributed by atoms with Crippen LogP contribution in [0.15, 0.2) is 18.2 Å². The van der Waals surface area contributed by atoms with Gasteiger partial charge in [-0.25, -0.2) is 9.59 Å². The molecule has 1 aromatic rings. The fraction of sp³-hybridized carbons (Fsp3) is 0.579. The minimum atomic E-state index is -0.850. The van der Waals surface area contributed by atoms with Gasteiger partial charge in [0.25, 0.3) is 0 Å². The van der Waals surface area contributed by atoms with Crippen molar-refractivity contribution in [1.82, 2.24) is 5.32 Å². The first-order chi connectivity index (χ1) is 11.3. The third-order valence-corrected chi connectivity index (χ3v) is 3.16. The van der Waals surface area contributed by atoms with Crippen molar-refractivity contribution in [3.8, 4) is 0 Å². The largest absolute Gasteiger partial charge is 0.458 e. The van der Waals surface area contributed by atoms with E-state index in [9.17, 15) is 9.59 Å². The second-order valence-corrected chi connectivity index (χ2v) is 8.13. The van der Waals surface area contributed by atoms with Crippen LogP contribution < -0.4 is 11.1 Å². The molecule has 1 rings (SSSR count). The number of carbonyl (C=O) groups is 2. The highest BCUT2D eigenvalue weighted by molar-refractivity contribution is 5.82. The molecule has 0 saturated heterocycles. The number of rotatable bonds is 4. The molecule has 6 heteroatoms. The molecule has 0 aliphatic rings. The summed E-state index contributed by atoms with van der Waals surface area (Å²) in [5, 5.41) is 2.61. The number of esters is 1. The number of aryl methyl sites for hydroxylation is 1. The molecule has 0 aliphatic heterocycles. The van der Waals surface area contributed by atoms with Crippen molar-refractivity contribution in [2.45, 2.75) is 72.1 Å². The van der Waals surface area contributed by atoms with Crippen LogP contribution in [0.4, 0.5) is 10.5 Å². The average Bonchev–Trinajstić information content (AvgIpc) is 2.38. The molecule has 0 spiro atoms. The zero-order chi connectivity index (χ0) is 19.4. The average molecular weight is 350 g/mol. The van der Waals surface area contributed by atoms with Gasteiger partial charge in [-0.05, 0) is 65.7 Å². The van der Waals surface area contributed by atoms with E-state index < -0.39 is 29.3 Å². The van der Waals surface area contributed by atoms with E-state index in [2.05, 4.69) is 5.32 Å². The molecule has 0 radical (unpaired) electrons. The molecule has 25 heavy (non-hydrogen) atoms. The molecule has 3 N–H and O–H groups in total. The topological polar surface area (TPSA) is 90.6 Å². The molecule has 1 amide bonds. The van der Waals surface area contributed by atoms with Gasteiger partial charge < -0.3 is 20.5 Å². The van der Waals surface area contributed by atoms with Crippen LogP contribution in [0.25, 0.3) is 0 Å². The predicted octanol–water partition coefficient (Wildman–Crippen LogP) is 3.35. The van der Waals surface area contributed by atoms with E-state index >= 15 is 0 Å². The molecular formula is C19H30N2O4. The van der Waals surface area contributed by atoms with Crippen molar-refractivity contribution in [2.24, 2.45) is 0 Å². The molecule has 0 saturated carbocycles. The molecule has 0 aromatic heterocycles. The number of benzene rings is 1. The van der Waals surface area contributed by atoms with Gasteiger partial charge in [-0.3, -0.25) is 0 Å². The fourth-order valence-electron chi connectivity index (χ4n) is 2.12. The van der Waals surface area contributed by atoms with Gasteiger partial charge in [0.15, 0.2) is 0 Å². The normalized spacial score (nSPS) is 13.1. The summed E-state index contributed by atoms with van der Waals surface area (Å²) in [5.41, 5.74) is 6.99. The Hall–Kier alpha value is -2.24. The summed E-state index contributed by atoms with van der Waals surface area (Å²) in [7, 11) is 0. The number of ether oxygens (including phenoxy) is 2. The van der Waals surface area contributed by atoms with Gasteiger partial charge in [-0.1, -0.05) is 12.1 Å². The molecule has 0 heterocycles. The van der Waals surface area contributed by atoms with E-state index in [1.807, 2.05) is 19.1 Å². The Balaban J connectivity index is 2.95. The van der Waals surface area contributed by atoms with Gasteiger partial charge in [-0.2, -0.15) is 0 Å². The second-order valence-electron chi connectivity index (χ2n) is 8.13. The van der Waals surface area contributed by atoms with Crippen molar-refractivity contribution in [1.29, 1.82) is 0 Å². The quantitative estimate of drug-likeness (QED) is 0.642. The SMILES string of the molecule is Cc1cc(C[C@H](NC(=O)OC(C)(C)C)C(=O)OC(C)(C)C)ccc1N. The maximum atomic E-state index is 12.5. The summed E-state index contributed by atoms with van der Waals surface area (Å²) in [4.78, 5) is 24.6. The number of amides is 1. The number of nitrogens with two attached hydrogens (primary N) is 1. The van der Waals surface area contributed by atoms with Gasteiger partial charge in [0.05, 0.1) is 0 Å². The van der Waals surface area contributed by atoms with Crippen molar-refractivity contribution in [3.63, 3.8) is 0 Å². The summed E-state index contributed by atoms with van der Waals surface area (Å²) >= 11 is 0. The monoisotopic (exact) mass is 350 g/mol. The lowest BCUT2D eigenvalue weighted by molar-refractivity contribution is -0.157. The first kappa shape index (κ1) is 20.8. The molecule has 1 atom stereocenters. The minimum absolute atomic E-state index is 0.287. The Kier molecular flexibility index (Phi) is 6.46. The summed E-state index contributed by atoms with van der Waals surface area (Å²) in [6, 6.07) is 4.65. The molecule has 0 aliphatic carbocycles. The number of carbonyl (C=O) groups excluding carboxylic acids is 2. The lowest BCUT2D eigenvalue weighted by atomic mass is 10.0. The predicted molar refractivity (Wildman–Crippen MR) is 98.3 cm³/mol. The number of hydrogen-bond donors (Lipinski definition) is 2. The molecular weight excluding hydrogens is 320 g/mol. The van der Waals surface area contributed by atoms with Crippen molar-refractivity contribution >= 4 is 17.7 Å². The van der Waals surface area contributed by atoms with E-state index in [0.717, 1.165) is 11.1 Å². The van der Waals surface area contributed by atoms with Gasteiger partial charge in [0, 0.05) is 12.1 Å². The van der Waals surface area contributed by atoms with Gasteiger partial charge >= 0.3 is 12.1 Å². The fourth-order valence-corrected chi connectivity index (χ4v) is 2.12. The van der Waals surface area contributed by atoms with E-state index in [1.165, 1.54) is 0 Å². The van der Waals surface area contributed by atoms with Crippen LogP contribution in [0.1, 0.15) is 52.7 Å². The van der Waals surface area contributed by atoms with Crippen LogP contribution >= 0.6 is 0 Å². The standard InChI is InChI=1S/C19H30N2O4/c1-12-10-13(8-9-14(12)20)11-15(16(22)24-18(2,3)4)21-17(23)25-19(5,6)7/h8-10,15H,11,20H2,1-7H3,(H,21,23)/t15-/m0/s1. The van der Waals surface area contributed by atoms with Crippen molar-refractivity contribution in [2.75, 3.05) is 5.73 Å². The summed E-state index contributed by atoms with van der Waals surface area (Å²) in [6.45, 7) is 12.5. The Labute approximate surface area is 150 Å². The maximum Gasteiger partial charge on any atom is 0.408 e. The van der Waals surface area contributed by atoms with Gasteiger partial charge in [-0.15, -0.1) is 0 Å². The van der Waals surface area contributed by atoms with Crippen molar-refractivity contribution < 1.29 is 19.1 Å². The van der Waals surface area contributed by atoms with E-state index in [0.29, 0.717) is 5.69 Å². The summed E-state index contributed by atoms with van der Waals surface area (Å²) in [6.07, 6.45) is -0.370. The van der Waals surface area contributed by atoms with Gasteiger partial charge in [0.1, 0.15) is 17.2 Å². The Morgan fingerprint density at radius 2 is 1.64 bits per heavy atom. The van der Waals surface area contributed by atoms with Crippen LogP contribution in [0.5, 0.6) is 0 Å². The van der Waals surface area contributed by atoms with E-state index in [4.69, 9.17) is 15.2 Å². The molecule has 0 unspecified atom stereocenters. The van der Waals surface area contributed by atoms with Crippen LogP contribution in [0.3, 0.4) is 0 Å². The number of alkyl carbamates (subject to hydrolysis) is 1. The molecule has 0 bridgehead atoms. The zero-order valence-electron chi connectivity index (χ0n) is 16.2. The zero-order valence-corrected chi connectivity index (χ0v) is 16.2. The molecule has 1 aromatic carbocycles. The molecule has 0 fully saturated rings. The van der Waals surface area contributed by atoms with Crippen LogP contribution in [0.2, 0.25) is 0 Å². The number of nitrogen functional groups attached to an aromatic ring is 1. The Morgan fingerprint density at radius 1 is 1.08 bits per heavy atom. The number of anilines is 1. The number of nitrogens with one attached hydrogen (secondary N) is 1. The third kappa shape index (κ3) is 7.92. The first-order valence-corrected chi connectivity index (χ1v) is 8.34. The molecule has 6 nitrogen and oxygen atoms in total. The third-order valence-electron chi connectivity index (χ3n) is 3.16. The van der Waals surface area contributed by atoms with Crippen LogP contribution in [-0.4, -0.2) is 29.3 Å². The Bertz CT molecular complexity index is 627. The maximum absolute atomic E-state index is 12.5.